The van der Waals surface area contributed by atoms with Gasteiger partial charge in [0.2, 0.25) is 0 Å². The molecular formula is C11H23N3O. The number of rotatable bonds is 3. The van der Waals surface area contributed by atoms with E-state index in [1.807, 2.05) is 11.9 Å². The van der Waals surface area contributed by atoms with Crippen LogP contribution in [0.4, 0.5) is 4.79 Å². The molecule has 0 aromatic rings. The number of hydrogen-bond acceptors (Lipinski definition) is 2. The molecule has 2 amide bonds. The fourth-order valence-corrected chi connectivity index (χ4v) is 2.06. The molecular weight excluding hydrogens is 190 g/mol. The van der Waals surface area contributed by atoms with Crippen molar-refractivity contribution in [1.82, 2.24) is 9.80 Å². The fourth-order valence-electron chi connectivity index (χ4n) is 2.06. The Kier molecular flexibility index (Phi) is 4.88. The summed E-state index contributed by atoms with van der Waals surface area (Å²) >= 11 is 0. The number of hydrogen-bond donors (Lipinski definition) is 1. The Labute approximate surface area is 92.4 Å². The van der Waals surface area contributed by atoms with E-state index in [2.05, 4.69) is 6.92 Å². The molecule has 0 aromatic carbocycles. The number of nitrogens with two attached hydrogens (primary N) is 1. The largest absolute Gasteiger partial charge is 0.328 e. The second kappa shape index (κ2) is 5.95. The van der Waals surface area contributed by atoms with E-state index >= 15 is 0 Å². The lowest BCUT2D eigenvalue weighted by Crippen LogP contribution is -2.49. The van der Waals surface area contributed by atoms with Crippen molar-refractivity contribution >= 4 is 6.03 Å². The first kappa shape index (κ1) is 12.3. The zero-order valence-corrected chi connectivity index (χ0v) is 9.91. The molecule has 0 spiro atoms. The summed E-state index contributed by atoms with van der Waals surface area (Å²) in [6.45, 7) is 4.43. The summed E-state index contributed by atoms with van der Waals surface area (Å²) in [5.74, 6) is 0. The Morgan fingerprint density at radius 2 is 2.00 bits per heavy atom. The number of amides is 2. The van der Waals surface area contributed by atoms with Gasteiger partial charge in [-0.1, -0.05) is 6.92 Å². The van der Waals surface area contributed by atoms with Gasteiger partial charge in [-0.3, -0.25) is 0 Å². The standard InChI is InChI=1S/C11H23N3O/c1-3-10(9-12)13(2)11(15)14-7-5-4-6-8-14/h10H,3-9,12H2,1-2H3. The van der Waals surface area contributed by atoms with Gasteiger partial charge in [-0.25, -0.2) is 4.79 Å². The molecule has 1 rings (SSSR count). The van der Waals surface area contributed by atoms with Crippen LogP contribution in [0.25, 0.3) is 0 Å². The molecule has 2 N–H and O–H groups in total. The Hall–Kier alpha value is -0.770. The van der Waals surface area contributed by atoms with Crippen molar-refractivity contribution in [2.45, 2.75) is 38.6 Å². The Morgan fingerprint density at radius 1 is 1.40 bits per heavy atom. The number of carbonyl (C=O) groups excluding carboxylic acids is 1. The Morgan fingerprint density at radius 3 is 2.47 bits per heavy atom. The third-order valence-corrected chi connectivity index (χ3v) is 3.22. The van der Waals surface area contributed by atoms with Crippen LogP contribution in [-0.4, -0.2) is 48.6 Å². The van der Waals surface area contributed by atoms with Crippen molar-refractivity contribution in [3.05, 3.63) is 0 Å². The molecule has 1 atom stereocenters. The van der Waals surface area contributed by atoms with E-state index in [0.29, 0.717) is 6.54 Å². The van der Waals surface area contributed by atoms with Gasteiger partial charge in [-0.2, -0.15) is 0 Å². The number of likely N-dealkylation sites (tertiary alicyclic amines) is 1. The van der Waals surface area contributed by atoms with Gasteiger partial charge in [0.1, 0.15) is 0 Å². The molecule has 1 saturated heterocycles. The van der Waals surface area contributed by atoms with Gasteiger partial charge in [0.15, 0.2) is 0 Å². The number of urea groups is 1. The van der Waals surface area contributed by atoms with Crippen LogP contribution in [0.15, 0.2) is 0 Å². The maximum atomic E-state index is 12.1. The summed E-state index contributed by atoms with van der Waals surface area (Å²) in [5, 5.41) is 0. The first-order valence-corrected chi connectivity index (χ1v) is 5.92. The third kappa shape index (κ3) is 3.09. The molecule has 4 nitrogen and oxygen atoms in total. The number of carbonyl (C=O) groups is 1. The van der Waals surface area contributed by atoms with E-state index in [4.69, 9.17) is 5.73 Å². The Bertz CT molecular complexity index is 198. The van der Waals surface area contributed by atoms with Gasteiger partial charge >= 0.3 is 6.03 Å². The molecule has 0 radical (unpaired) electrons. The summed E-state index contributed by atoms with van der Waals surface area (Å²) in [5.41, 5.74) is 5.64. The first-order valence-electron chi connectivity index (χ1n) is 5.92. The molecule has 88 valence electrons. The van der Waals surface area contributed by atoms with Gasteiger partial charge in [0.05, 0.1) is 0 Å². The molecule has 0 saturated carbocycles. The van der Waals surface area contributed by atoms with Crippen LogP contribution in [0.2, 0.25) is 0 Å². The lowest BCUT2D eigenvalue weighted by atomic mass is 10.1. The average Bonchev–Trinajstić information content (AvgIpc) is 2.30. The quantitative estimate of drug-likeness (QED) is 0.767. The zero-order chi connectivity index (χ0) is 11.3. The SMILES string of the molecule is CCC(CN)N(C)C(=O)N1CCCCC1. The number of piperidine rings is 1. The summed E-state index contributed by atoms with van der Waals surface area (Å²) in [4.78, 5) is 15.8. The van der Waals surface area contributed by atoms with Crippen molar-refractivity contribution < 1.29 is 4.79 Å². The molecule has 1 fully saturated rings. The second-order valence-electron chi connectivity index (χ2n) is 4.24. The molecule has 0 bridgehead atoms. The van der Waals surface area contributed by atoms with Crippen LogP contribution < -0.4 is 5.73 Å². The summed E-state index contributed by atoms with van der Waals surface area (Å²) in [6, 6.07) is 0.325. The lowest BCUT2D eigenvalue weighted by Gasteiger charge is -2.34. The van der Waals surface area contributed by atoms with Crippen molar-refractivity contribution in [1.29, 1.82) is 0 Å². The molecule has 1 aliphatic rings. The summed E-state index contributed by atoms with van der Waals surface area (Å²) in [6.07, 6.45) is 4.45. The van der Waals surface area contributed by atoms with E-state index < -0.39 is 0 Å². The lowest BCUT2D eigenvalue weighted by molar-refractivity contribution is 0.137. The summed E-state index contributed by atoms with van der Waals surface area (Å²) < 4.78 is 0. The monoisotopic (exact) mass is 213 g/mol. The highest BCUT2D eigenvalue weighted by Gasteiger charge is 2.23. The highest BCUT2D eigenvalue weighted by molar-refractivity contribution is 5.74. The van der Waals surface area contributed by atoms with E-state index in [0.717, 1.165) is 32.4 Å². The topological polar surface area (TPSA) is 49.6 Å². The van der Waals surface area contributed by atoms with Crippen LogP contribution in [-0.2, 0) is 0 Å². The molecule has 0 aromatic heterocycles. The van der Waals surface area contributed by atoms with Crippen LogP contribution in [0, 0.1) is 0 Å². The van der Waals surface area contributed by atoms with E-state index in [-0.39, 0.29) is 12.1 Å². The van der Waals surface area contributed by atoms with Crippen LogP contribution in [0.5, 0.6) is 0 Å². The van der Waals surface area contributed by atoms with Crippen LogP contribution in [0.1, 0.15) is 32.6 Å². The highest BCUT2D eigenvalue weighted by Crippen LogP contribution is 2.12. The van der Waals surface area contributed by atoms with Gasteiger partial charge in [-0.15, -0.1) is 0 Å². The molecule has 1 aliphatic heterocycles. The van der Waals surface area contributed by atoms with Crippen LogP contribution in [0.3, 0.4) is 0 Å². The molecule has 4 heteroatoms. The highest BCUT2D eigenvalue weighted by atomic mass is 16.2. The zero-order valence-electron chi connectivity index (χ0n) is 9.91. The minimum absolute atomic E-state index is 0.145. The Balaban J connectivity index is 2.49. The second-order valence-corrected chi connectivity index (χ2v) is 4.24. The third-order valence-electron chi connectivity index (χ3n) is 3.22. The van der Waals surface area contributed by atoms with Gasteiger partial charge < -0.3 is 15.5 Å². The predicted octanol–water partition coefficient (Wildman–Crippen LogP) is 1.26. The minimum atomic E-state index is 0.145. The minimum Gasteiger partial charge on any atom is -0.328 e. The fraction of sp³-hybridized carbons (Fsp3) is 0.909. The van der Waals surface area contributed by atoms with Crippen molar-refractivity contribution in [2.24, 2.45) is 5.73 Å². The van der Waals surface area contributed by atoms with E-state index in [1.165, 1.54) is 6.42 Å². The van der Waals surface area contributed by atoms with E-state index in [9.17, 15) is 4.79 Å². The molecule has 1 unspecified atom stereocenters. The predicted molar refractivity (Wildman–Crippen MR) is 61.7 cm³/mol. The van der Waals surface area contributed by atoms with Gasteiger partial charge in [-0.05, 0) is 25.7 Å². The maximum Gasteiger partial charge on any atom is 0.320 e. The summed E-state index contributed by atoms with van der Waals surface area (Å²) in [7, 11) is 1.86. The van der Waals surface area contributed by atoms with E-state index in [1.54, 1.807) is 4.90 Å². The smallest absolute Gasteiger partial charge is 0.320 e. The normalized spacial score (nSPS) is 18.7. The first-order chi connectivity index (χ1) is 7.20. The molecule has 1 heterocycles. The van der Waals surface area contributed by atoms with Crippen molar-refractivity contribution in [3.63, 3.8) is 0 Å². The van der Waals surface area contributed by atoms with Crippen molar-refractivity contribution in [3.8, 4) is 0 Å². The molecule has 0 aliphatic carbocycles. The maximum absolute atomic E-state index is 12.1. The van der Waals surface area contributed by atoms with Gasteiger partial charge in [0, 0.05) is 32.7 Å². The number of nitrogens with zero attached hydrogens (tertiary/aromatic N) is 2. The van der Waals surface area contributed by atoms with Gasteiger partial charge in [0.25, 0.3) is 0 Å². The molecule has 15 heavy (non-hydrogen) atoms. The van der Waals surface area contributed by atoms with Crippen molar-refractivity contribution in [2.75, 3.05) is 26.7 Å². The average molecular weight is 213 g/mol. The number of likely N-dealkylation sites (N-methyl/N-ethyl adjacent to an activating group) is 1. The van der Waals surface area contributed by atoms with Crippen LogP contribution >= 0.6 is 0 Å².